The van der Waals surface area contributed by atoms with E-state index < -0.39 is 0 Å². The second kappa shape index (κ2) is 2.83. The Morgan fingerprint density at radius 1 is 1.36 bits per heavy atom. The number of fused-ring (bicyclic) bond motifs is 1. The third kappa shape index (κ3) is 1.08. The smallest absolute Gasteiger partial charge is 0.181 e. The van der Waals surface area contributed by atoms with Crippen LogP contribution >= 0.6 is 0 Å². The van der Waals surface area contributed by atoms with Crippen LogP contribution in [0.5, 0.6) is 5.75 Å². The van der Waals surface area contributed by atoms with Gasteiger partial charge in [0.25, 0.3) is 0 Å². The molecule has 0 saturated carbocycles. The van der Waals surface area contributed by atoms with Gasteiger partial charge in [0.15, 0.2) is 11.9 Å². The minimum Gasteiger partial charge on any atom is -0.475 e. The third-order valence-electron chi connectivity index (χ3n) is 2.23. The number of furan rings is 2. The zero-order valence-electron chi connectivity index (χ0n) is 7.40. The van der Waals surface area contributed by atoms with E-state index in [0.717, 1.165) is 17.2 Å². The van der Waals surface area contributed by atoms with Gasteiger partial charge in [0.05, 0.1) is 12.8 Å². The van der Waals surface area contributed by atoms with Crippen LogP contribution in [0.1, 0.15) is 11.9 Å². The number of rotatable bonds is 1. The third-order valence-corrected chi connectivity index (χ3v) is 2.23. The summed E-state index contributed by atoms with van der Waals surface area (Å²) in [6, 6.07) is 3.75. The standard InChI is InChI=1S/C10H9NO3/c1-2-8(13-3-1)9-4-11-7-5-12-6-10(7)14-9/h1-3,5-6,9,11H,4H2. The molecule has 0 bridgehead atoms. The van der Waals surface area contributed by atoms with Crippen LogP contribution in [0, 0.1) is 0 Å². The Hall–Kier alpha value is -1.84. The summed E-state index contributed by atoms with van der Waals surface area (Å²) in [6.07, 6.45) is 4.78. The minimum atomic E-state index is -0.0740. The summed E-state index contributed by atoms with van der Waals surface area (Å²) >= 11 is 0. The second-order valence-corrected chi connectivity index (χ2v) is 3.15. The molecule has 14 heavy (non-hydrogen) atoms. The van der Waals surface area contributed by atoms with Gasteiger partial charge < -0.3 is 18.9 Å². The van der Waals surface area contributed by atoms with Gasteiger partial charge in [0, 0.05) is 0 Å². The van der Waals surface area contributed by atoms with Crippen LogP contribution in [-0.4, -0.2) is 6.54 Å². The Kier molecular flexibility index (Phi) is 1.53. The molecule has 0 aliphatic carbocycles. The van der Waals surface area contributed by atoms with Gasteiger partial charge in [-0.1, -0.05) is 0 Å². The summed E-state index contributed by atoms with van der Waals surface area (Å²) in [7, 11) is 0. The summed E-state index contributed by atoms with van der Waals surface area (Å²) in [5, 5.41) is 3.20. The topological polar surface area (TPSA) is 47.5 Å². The lowest BCUT2D eigenvalue weighted by Gasteiger charge is -2.22. The summed E-state index contributed by atoms with van der Waals surface area (Å²) in [5.74, 6) is 1.56. The molecule has 0 saturated heterocycles. The largest absolute Gasteiger partial charge is 0.475 e. The molecule has 1 unspecified atom stereocenters. The highest BCUT2D eigenvalue weighted by Gasteiger charge is 2.23. The molecule has 1 aliphatic rings. The summed E-state index contributed by atoms with van der Waals surface area (Å²) < 4.78 is 16.0. The summed E-state index contributed by atoms with van der Waals surface area (Å²) in [5.41, 5.74) is 0.896. The molecule has 1 atom stereocenters. The molecule has 0 amide bonds. The van der Waals surface area contributed by atoms with Crippen LogP contribution in [0.2, 0.25) is 0 Å². The van der Waals surface area contributed by atoms with Crippen molar-refractivity contribution in [1.29, 1.82) is 0 Å². The summed E-state index contributed by atoms with van der Waals surface area (Å²) in [4.78, 5) is 0. The van der Waals surface area contributed by atoms with Gasteiger partial charge in [-0.15, -0.1) is 0 Å². The van der Waals surface area contributed by atoms with E-state index in [9.17, 15) is 0 Å². The molecule has 0 radical (unpaired) electrons. The highest BCUT2D eigenvalue weighted by molar-refractivity contribution is 5.55. The zero-order chi connectivity index (χ0) is 9.38. The first kappa shape index (κ1) is 7.55. The van der Waals surface area contributed by atoms with Crippen LogP contribution in [0.4, 0.5) is 5.69 Å². The normalized spacial score (nSPS) is 19.6. The minimum absolute atomic E-state index is 0.0740. The molecule has 0 aromatic carbocycles. The molecule has 3 heterocycles. The molecule has 4 heteroatoms. The number of hydrogen-bond acceptors (Lipinski definition) is 4. The Morgan fingerprint density at radius 3 is 3.21 bits per heavy atom. The van der Waals surface area contributed by atoms with Crippen molar-refractivity contribution in [3.8, 4) is 5.75 Å². The van der Waals surface area contributed by atoms with Crippen molar-refractivity contribution in [3.05, 3.63) is 36.7 Å². The number of ether oxygens (including phenoxy) is 1. The molecule has 4 nitrogen and oxygen atoms in total. The van der Waals surface area contributed by atoms with Crippen LogP contribution in [-0.2, 0) is 0 Å². The maximum atomic E-state index is 5.67. The van der Waals surface area contributed by atoms with Crippen molar-refractivity contribution in [1.82, 2.24) is 0 Å². The molecule has 0 fully saturated rings. The van der Waals surface area contributed by atoms with Gasteiger partial charge in [-0.3, -0.25) is 0 Å². The average Bonchev–Trinajstić information content (AvgIpc) is 2.88. The van der Waals surface area contributed by atoms with Crippen LogP contribution in [0.25, 0.3) is 0 Å². The van der Waals surface area contributed by atoms with E-state index >= 15 is 0 Å². The molecule has 3 rings (SSSR count). The highest BCUT2D eigenvalue weighted by atomic mass is 16.5. The van der Waals surface area contributed by atoms with E-state index in [1.54, 1.807) is 18.8 Å². The van der Waals surface area contributed by atoms with Gasteiger partial charge in [-0.2, -0.15) is 0 Å². The predicted octanol–water partition coefficient (Wildman–Crippen LogP) is 2.42. The van der Waals surface area contributed by atoms with Gasteiger partial charge >= 0.3 is 0 Å². The van der Waals surface area contributed by atoms with Crippen molar-refractivity contribution in [2.24, 2.45) is 0 Å². The average molecular weight is 191 g/mol. The number of anilines is 1. The van der Waals surface area contributed by atoms with E-state index in [1.165, 1.54) is 0 Å². The Bertz CT molecular complexity index is 418. The van der Waals surface area contributed by atoms with Crippen LogP contribution in [0.3, 0.4) is 0 Å². The molecular weight excluding hydrogens is 182 g/mol. The lowest BCUT2D eigenvalue weighted by Crippen LogP contribution is -2.22. The van der Waals surface area contributed by atoms with Gasteiger partial charge in [0.1, 0.15) is 24.0 Å². The van der Waals surface area contributed by atoms with Crippen molar-refractivity contribution in [2.45, 2.75) is 6.10 Å². The molecule has 72 valence electrons. The van der Waals surface area contributed by atoms with E-state index in [0.29, 0.717) is 6.54 Å². The van der Waals surface area contributed by atoms with Crippen LogP contribution in [0.15, 0.2) is 39.8 Å². The van der Waals surface area contributed by atoms with Crippen molar-refractivity contribution >= 4 is 5.69 Å². The first-order valence-electron chi connectivity index (χ1n) is 4.43. The molecule has 0 spiro atoms. The fourth-order valence-corrected chi connectivity index (χ4v) is 1.54. The maximum Gasteiger partial charge on any atom is 0.181 e. The van der Waals surface area contributed by atoms with E-state index in [4.69, 9.17) is 13.6 Å². The highest BCUT2D eigenvalue weighted by Crippen LogP contribution is 2.34. The second-order valence-electron chi connectivity index (χ2n) is 3.15. The van der Waals surface area contributed by atoms with E-state index in [-0.39, 0.29) is 6.10 Å². The molecular formula is C10H9NO3. The monoisotopic (exact) mass is 191 g/mol. The van der Waals surface area contributed by atoms with E-state index in [1.807, 2.05) is 12.1 Å². The molecule has 1 aliphatic heterocycles. The Morgan fingerprint density at radius 2 is 2.36 bits per heavy atom. The molecule has 2 aromatic heterocycles. The quantitative estimate of drug-likeness (QED) is 0.751. The summed E-state index contributed by atoms with van der Waals surface area (Å²) in [6.45, 7) is 0.694. The number of hydrogen-bond donors (Lipinski definition) is 1. The maximum absolute atomic E-state index is 5.67. The van der Waals surface area contributed by atoms with Gasteiger partial charge in [-0.05, 0) is 12.1 Å². The lowest BCUT2D eigenvalue weighted by molar-refractivity contribution is 0.180. The predicted molar refractivity (Wildman–Crippen MR) is 49.3 cm³/mol. The Balaban J connectivity index is 1.88. The fourth-order valence-electron chi connectivity index (χ4n) is 1.54. The fraction of sp³-hybridized carbons (Fsp3) is 0.200. The lowest BCUT2D eigenvalue weighted by atomic mass is 10.2. The molecule has 1 N–H and O–H groups in total. The van der Waals surface area contributed by atoms with Crippen molar-refractivity contribution in [3.63, 3.8) is 0 Å². The first-order chi connectivity index (χ1) is 6.93. The molecule has 2 aromatic rings. The SMILES string of the molecule is c1coc(C2CNc3cocc3O2)c1. The van der Waals surface area contributed by atoms with Crippen molar-refractivity contribution in [2.75, 3.05) is 11.9 Å². The number of nitrogens with one attached hydrogen (secondary N) is 1. The van der Waals surface area contributed by atoms with Crippen molar-refractivity contribution < 1.29 is 13.6 Å². The zero-order valence-corrected chi connectivity index (χ0v) is 7.40. The van der Waals surface area contributed by atoms with Gasteiger partial charge in [-0.25, -0.2) is 0 Å². The van der Waals surface area contributed by atoms with E-state index in [2.05, 4.69) is 5.32 Å². The Labute approximate surface area is 80.5 Å². The van der Waals surface area contributed by atoms with Crippen LogP contribution < -0.4 is 10.1 Å². The first-order valence-corrected chi connectivity index (χ1v) is 4.43. The van der Waals surface area contributed by atoms with Gasteiger partial charge in [0.2, 0.25) is 0 Å².